The second kappa shape index (κ2) is 6.90. The molecule has 0 fully saturated rings. The van der Waals surface area contributed by atoms with Gasteiger partial charge in [0.05, 0.1) is 5.69 Å². The van der Waals surface area contributed by atoms with E-state index in [0.29, 0.717) is 12.1 Å². The van der Waals surface area contributed by atoms with E-state index in [4.69, 9.17) is 0 Å². The van der Waals surface area contributed by atoms with Crippen molar-refractivity contribution in [3.63, 3.8) is 0 Å². The molecule has 0 saturated carbocycles. The van der Waals surface area contributed by atoms with Crippen LogP contribution in [0.25, 0.3) is 0 Å². The first-order chi connectivity index (χ1) is 8.47. The zero-order valence-electron chi connectivity index (χ0n) is 12.7. The van der Waals surface area contributed by atoms with Crippen LogP contribution < -0.4 is 5.32 Å². The molecular formula is C14H28N4. The number of hydrogen-bond acceptors (Lipinski definition) is 3. The zero-order chi connectivity index (χ0) is 13.7. The van der Waals surface area contributed by atoms with Crippen LogP contribution in [0.1, 0.15) is 45.0 Å². The van der Waals surface area contributed by atoms with Gasteiger partial charge in [0.1, 0.15) is 0 Å². The van der Waals surface area contributed by atoms with Gasteiger partial charge in [0.15, 0.2) is 0 Å². The van der Waals surface area contributed by atoms with Crippen molar-refractivity contribution in [1.29, 1.82) is 0 Å². The van der Waals surface area contributed by atoms with Crippen LogP contribution in [0.5, 0.6) is 0 Å². The average Bonchev–Trinajstić information content (AvgIpc) is 2.65. The van der Waals surface area contributed by atoms with Crippen LogP contribution >= 0.6 is 0 Å². The summed E-state index contributed by atoms with van der Waals surface area (Å²) in [6.45, 7) is 14.3. The van der Waals surface area contributed by atoms with Gasteiger partial charge in [0.25, 0.3) is 0 Å². The van der Waals surface area contributed by atoms with Gasteiger partial charge in [-0.15, -0.1) is 0 Å². The van der Waals surface area contributed by atoms with Gasteiger partial charge in [0, 0.05) is 37.4 Å². The van der Waals surface area contributed by atoms with Crippen molar-refractivity contribution in [2.75, 3.05) is 19.6 Å². The first-order valence-electron chi connectivity index (χ1n) is 6.96. The number of hydrogen-bond donors (Lipinski definition) is 1. The Balaban J connectivity index is 2.54. The maximum atomic E-state index is 4.40. The maximum Gasteiger partial charge on any atom is 0.0641 e. The molecular weight excluding hydrogens is 224 g/mol. The van der Waals surface area contributed by atoms with Crippen LogP contribution in [0.15, 0.2) is 6.20 Å². The fraction of sp³-hybridized carbons (Fsp3) is 0.786. The third-order valence-electron chi connectivity index (χ3n) is 3.48. The second-order valence-electron chi connectivity index (χ2n) is 5.12. The smallest absolute Gasteiger partial charge is 0.0641 e. The summed E-state index contributed by atoms with van der Waals surface area (Å²) in [7, 11) is 1.97. The zero-order valence-corrected chi connectivity index (χ0v) is 12.7. The van der Waals surface area contributed by atoms with E-state index in [2.05, 4.69) is 56.1 Å². The quantitative estimate of drug-likeness (QED) is 0.807. The molecule has 18 heavy (non-hydrogen) atoms. The molecule has 1 heterocycles. The molecule has 0 aliphatic heterocycles. The van der Waals surface area contributed by atoms with Gasteiger partial charge < -0.3 is 10.2 Å². The highest BCUT2D eigenvalue weighted by molar-refractivity contribution is 5.19. The van der Waals surface area contributed by atoms with Crippen molar-refractivity contribution >= 4 is 0 Å². The van der Waals surface area contributed by atoms with Crippen molar-refractivity contribution in [3.8, 4) is 0 Å². The van der Waals surface area contributed by atoms with Crippen molar-refractivity contribution in [2.24, 2.45) is 7.05 Å². The molecule has 0 bridgehead atoms. The van der Waals surface area contributed by atoms with Gasteiger partial charge in [-0.05, 0) is 33.9 Å². The molecule has 0 aromatic carbocycles. The van der Waals surface area contributed by atoms with Crippen molar-refractivity contribution < 1.29 is 0 Å². The lowest BCUT2D eigenvalue weighted by molar-refractivity contribution is 0.263. The molecule has 1 N–H and O–H groups in total. The Morgan fingerprint density at radius 2 is 1.94 bits per heavy atom. The number of aryl methyl sites for hydroxylation is 2. The summed E-state index contributed by atoms with van der Waals surface area (Å²) < 4.78 is 1.89. The molecule has 0 spiro atoms. The Labute approximate surface area is 111 Å². The van der Waals surface area contributed by atoms with E-state index in [1.165, 1.54) is 5.56 Å². The predicted octanol–water partition coefficient (Wildman–Crippen LogP) is 2.11. The summed E-state index contributed by atoms with van der Waals surface area (Å²) in [6, 6.07) is 0.837. The van der Waals surface area contributed by atoms with E-state index in [1.54, 1.807) is 0 Å². The fourth-order valence-electron chi connectivity index (χ4n) is 2.48. The number of rotatable bonds is 7. The highest BCUT2D eigenvalue weighted by atomic mass is 15.3. The second-order valence-corrected chi connectivity index (χ2v) is 5.12. The molecule has 0 aliphatic carbocycles. The molecule has 1 rings (SSSR count). The molecule has 2 atom stereocenters. The lowest BCUT2D eigenvalue weighted by atomic mass is 10.1. The van der Waals surface area contributed by atoms with E-state index < -0.39 is 0 Å². The minimum Gasteiger partial charge on any atom is -0.306 e. The molecule has 1 aromatic heterocycles. The SMILES string of the molecule is CCN(CC)CC(C)NC(C)c1cn(C)nc1C. The van der Waals surface area contributed by atoms with Crippen LogP contribution in [0.3, 0.4) is 0 Å². The standard InChI is InChI=1S/C14H28N4/c1-7-18(8-2)9-11(3)15-12(4)14-10-17(6)16-13(14)5/h10-12,15H,7-9H2,1-6H3. The van der Waals surface area contributed by atoms with Gasteiger partial charge in [-0.3, -0.25) is 4.68 Å². The lowest BCUT2D eigenvalue weighted by Crippen LogP contribution is -2.40. The first-order valence-corrected chi connectivity index (χ1v) is 6.96. The molecule has 2 unspecified atom stereocenters. The monoisotopic (exact) mass is 252 g/mol. The van der Waals surface area contributed by atoms with Crippen LogP contribution in [-0.2, 0) is 7.05 Å². The van der Waals surface area contributed by atoms with E-state index in [0.717, 1.165) is 25.3 Å². The molecule has 0 radical (unpaired) electrons. The van der Waals surface area contributed by atoms with Gasteiger partial charge in [-0.2, -0.15) is 5.10 Å². The van der Waals surface area contributed by atoms with E-state index >= 15 is 0 Å². The Kier molecular flexibility index (Phi) is 5.82. The number of aromatic nitrogens is 2. The molecule has 0 aliphatic rings. The van der Waals surface area contributed by atoms with Crippen LogP contribution in [0.4, 0.5) is 0 Å². The predicted molar refractivity (Wildman–Crippen MR) is 76.7 cm³/mol. The summed E-state index contributed by atoms with van der Waals surface area (Å²) in [6.07, 6.45) is 2.11. The normalized spacial score (nSPS) is 15.1. The maximum absolute atomic E-state index is 4.40. The van der Waals surface area contributed by atoms with Gasteiger partial charge in [0.2, 0.25) is 0 Å². The summed E-state index contributed by atoms with van der Waals surface area (Å²) in [5.74, 6) is 0. The average molecular weight is 252 g/mol. The van der Waals surface area contributed by atoms with Gasteiger partial charge >= 0.3 is 0 Å². The molecule has 0 saturated heterocycles. The van der Waals surface area contributed by atoms with Gasteiger partial charge in [-0.25, -0.2) is 0 Å². The van der Waals surface area contributed by atoms with Crippen LogP contribution in [0, 0.1) is 6.92 Å². The Morgan fingerprint density at radius 1 is 1.33 bits per heavy atom. The number of nitrogens with zero attached hydrogens (tertiary/aromatic N) is 3. The van der Waals surface area contributed by atoms with Gasteiger partial charge in [-0.1, -0.05) is 13.8 Å². The molecule has 1 aromatic rings. The Hall–Kier alpha value is -0.870. The van der Waals surface area contributed by atoms with Crippen molar-refractivity contribution in [2.45, 2.75) is 46.7 Å². The highest BCUT2D eigenvalue weighted by Gasteiger charge is 2.15. The molecule has 0 amide bonds. The van der Waals surface area contributed by atoms with E-state index in [1.807, 2.05) is 11.7 Å². The first kappa shape index (κ1) is 15.2. The third-order valence-corrected chi connectivity index (χ3v) is 3.48. The molecule has 4 heteroatoms. The van der Waals surface area contributed by atoms with Crippen molar-refractivity contribution in [1.82, 2.24) is 20.0 Å². The largest absolute Gasteiger partial charge is 0.306 e. The van der Waals surface area contributed by atoms with Crippen molar-refractivity contribution in [3.05, 3.63) is 17.5 Å². The fourth-order valence-corrected chi connectivity index (χ4v) is 2.48. The van der Waals surface area contributed by atoms with E-state index in [9.17, 15) is 0 Å². The number of likely N-dealkylation sites (N-methyl/N-ethyl adjacent to an activating group) is 1. The molecule has 4 nitrogen and oxygen atoms in total. The van der Waals surface area contributed by atoms with E-state index in [-0.39, 0.29) is 0 Å². The Bertz CT molecular complexity index is 355. The highest BCUT2D eigenvalue weighted by Crippen LogP contribution is 2.16. The summed E-state index contributed by atoms with van der Waals surface area (Å²) in [5.41, 5.74) is 2.41. The molecule has 104 valence electrons. The summed E-state index contributed by atoms with van der Waals surface area (Å²) in [4.78, 5) is 2.44. The minimum absolute atomic E-state index is 0.351. The summed E-state index contributed by atoms with van der Waals surface area (Å²) >= 11 is 0. The third kappa shape index (κ3) is 4.10. The van der Waals surface area contributed by atoms with Crippen LogP contribution in [-0.4, -0.2) is 40.4 Å². The Morgan fingerprint density at radius 3 is 2.39 bits per heavy atom. The minimum atomic E-state index is 0.351. The lowest BCUT2D eigenvalue weighted by Gasteiger charge is -2.26. The number of nitrogens with one attached hydrogen (secondary N) is 1. The topological polar surface area (TPSA) is 33.1 Å². The summed E-state index contributed by atoms with van der Waals surface area (Å²) in [5, 5.41) is 8.05. The van der Waals surface area contributed by atoms with Crippen LogP contribution in [0.2, 0.25) is 0 Å².